The molecular weight excluding hydrogens is 390 g/mol. The number of para-hydroxylation sites is 1. The summed E-state index contributed by atoms with van der Waals surface area (Å²) in [6.45, 7) is 3.74. The lowest BCUT2D eigenvalue weighted by atomic mass is 10.2. The molecule has 0 radical (unpaired) electrons. The molecule has 7 nitrogen and oxygen atoms in total. The van der Waals surface area contributed by atoms with Crippen molar-refractivity contribution < 1.29 is 18.0 Å². The molecule has 29 heavy (non-hydrogen) atoms. The summed E-state index contributed by atoms with van der Waals surface area (Å²) in [5.74, 6) is -0.989. The van der Waals surface area contributed by atoms with Crippen LogP contribution in [0, 0.1) is 13.8 Å². The predicted molar refractivity (Wildman–Crippen MR) is 110 cm³/mol. The molecule has 2 amide bonds. The maximum Gasteiger partial charge on any atom is 0.271 e. The Morgan fingerprint density at radius 3 is 2.03 bits per heavy atom. The number of hydrogen-bond donors (Lipinski definition) is 2. The Bertz CT molecular complexity index is 1160. The van der Waals surface area contributed by atoms with Gasteiger partial charge < -0.3 is 4.57 Å². The highest BCUT2D eigenvalue weighted by Crippen LogP contribution is 2.20. The SMILES string of the molecule is Cc1cc(C(=O)NNC(=O)c2ccc(S(C)(=O)=O)cc2)c(C)n1-c1ccccc1. The van der Waals surface area contributed by atoms with E-state index in [-0.39, 0.29) is 10.5 Å². The fourth-order valence-corrected chi connectivity index (χ4v) is 3.70. The number of nitrogens with zero attached hydrogens (tertiary/aromatic N) is 1. The molecule has 0 aliphatic rings. The van der Waals surface area contributed by atoms with Gasteiger partial charge in [0.1, 0.15) is 0 Å². The van der Waals surface area contributed by atoms with Crippen LogP contribution in [-0.2, 0) is 9.84 Å². The maximum atomic E-state index is 12.6. The van der Waals surface area contributed by atoms with Crippen molar-refractivity contribution in [3.8, 4) is 5.69 Å². The summed E-state index contributed by atoms with van der Waals surface area (Å²) in [6, 6.07) is 16.9. The van der Waals surface area contributed by atoms with E-state index in [4.69, 9.17) is 0 Å². The molecule has 0 fully saturated rings. The van der Waals surface area contributed by atoms with Gasteiger partial charge in [-0.2, -0.15) is 0 Å². The highest BCUT2D eigenvalue weighted by Gasteiger charge is 2.17. The number of aryl methyl sites for hydroxylation is 1. The first-order chi connectivity index (χ1) is 13.7. The summed E-state index contributed by atoms with van der Waals surface area (Å²) < 4.78 is 24.9. The second-order valence-electron chi connectivity index (χ2n) is 6.66. The van der Waals surface area contributed by atoms with E-state index in [9.17, 15) is 18.0 Å². The quantitative estimate of drug-likeness (QED) is 0.645. The standard InChI is InChI=1S/C21H21N3O4S/c1-14-13-19(15(2)24(14)17-7-5-4-6-8-17)21(26)23-22-20(25)16-9-11-18(12-10-16)29(3,27)28/h4-13H,1-3H3,(H,22,25)(H,23,26). The van der Waals surface area contributed by atoms with Crippen LogP contribution >= 0.6 is 0 Å². The third-order valence-electron chi connectivity index (χ3n) is 4.52. The van der Waals surface area contributed by atoms with E-state index in [0.29, 0.717) is 5.56 Å². The largest absolute Gasteiger partial charge is 0.318 e. The molecule has 0 aliphatic heterocycles. The lowest BCUT2D eigenvalue weighted by Crippen LogP contribution is -2.41. The van der Waals surface area contributed by atoms with Gasteiger partial charge in [0.05, 0.1) is 10.5 Å². The molecule has 1 aromatic heterocycles. The van der Waals surface area contributed by atoms with Crippen molar-refractivity contribution in [1.82, 2.24) is 15.4 Å². The Labute approximate surface area is 169 Å². The number of amides is 2. The molecule has 150 valence electrons. The molecule has 3 rings (SSSR count). The van der Waals surface area contributed by atoms with Crippen LogP contribution in [0.2, 0.25) is 0 Å². The van der Waals surface area contributed by atoms with Crippen LogP contribution in [-0.4, -0.2) is 31.1 Å². The lowest BCUT2D eigenvalue weighted by molar-refractivity contribution is 0.0846. The van der Waals surface area contributed by atoms with Crippen LogP contribution in [0.1, 0.15) is 32.1 Å². The highest BCUT2D eigenvalue weighted by atomic mass is 32.2. The minimum Gasteiger partial charge on any atom is -0.318 e. The van der Waals surface area contributed by atoms with Crippen molar-refractivity contribution in [2.75, 3.05) is 6.26 Å². The van der Waals surface area contributed by atoms with Gasteiger partial charge in [0.2, 0.25) is 0 Å². The summed E-state index contributed by atoms with van der Waals surface area (Å²) in [4.78, 5) is 24.9. The molecule has 0 spiro atoms. The van der Waals surface area contributed by atoms with Crippen molar-refractivity contribution >= 4 is 21.7 Å². The Morgan fingerprint density at radius 2 is 1.45 bits per heavy atom. The minimum atomic E-state index is -3.34. The summed E-state index contributed by atoms with van der Waals surface area (Å²) in [5, 5.41) is 0. The second-order valence-corrected chi connectivity index (χ2v) is 8.68. The van der Waals surface area contributed by atoms with Gasteiger partial charge in [0, 0.05) is 28.9 Å². The van der Waals surface area contributed by atoms with Gasteiger partial charge in [-0.3, -0.25) is 20.4 Å². The summed E-state index contributed by atoms with van der Waals surface area (Å²) >= 11 is 0. The number of benzene rings is 2. The Hall–Kier alpha value is -3.39. The molecule has 3 aromatic rings. The van der Waals surface area contributed by atoms with Crippen molar-refractivity contribution in [2.24, 2.45) is 0 Å². The number of hydrazine groups is 1. The van der Waals surface area contributed by atoms with E-state index in [0.717, 1.165) is 23.3 Å². The molecule has 0 unspecified atom stereocenters. The van der Waals surface area contributed by atoms with Gasteiger partial charge in [0.25, 0.3) is 11.8 Å². The van der Waals surface area contributed by atoms with Crippen LogP contribution in [0.15, 0.2) is 65.6 Å². The van der Waals surface area contributed by atoms with E-state index in [1.54, 1.807) is 6.07 Å². The third-order valence-corrected chi connectivity index (χ3v) is 5.65. The van der Waals surface area contributed by atoms with Crippen LogP contribution < -0.4 is 10.9 Å². The Balaban J connectivity index is 1.72. The maximum absolute atomic E-state index is 12.6. The average molecular weight is 411 g/mol. The molecular formula is C21H21N3O4S. The highest BCUT2D eigenvalue weighted by molar-refractivity contribution is 7.90. The van der Waals surface area contributed by atoms with Crippen LogP contribution in [0.4, 0.5) is 0 Å². The van der Waals surface area contributed by atoms with Gasteiger partial charge in [0.15, 0.2) is 9.84 Å². The smallest absolute Gasteiger partial charge is 0.271 e. The minimum absolute atomic E-state index is 0.117. The van der Waals surface area contributed by atoms with E-state index in [1.165, 1.54) is 24.3 Å². The van der Waals surface area contributed by atoms with Crippen molar-refractivity contribution in [3.63, 3.8) is 0 Å². The number of nitrogens with one attached hydrogen (secondary N) is 2. The zero-order chi connectivity index (χ0) is 21.2. The molecule has 2 aromatic carbocycles. The zero-order valence-corrected chi connectivity index (χ0v) is 17.1. The van der Waals surface area contributed by atoms with Crippen LogP contribution in [0.25, 0.3) is 5.69 Å². The first kappa shape index (κ1) is 20.3. The topological polar surface area (TPSA) is 97.3 Å². The molecule has 8 heteroatoms. The van der Waals surface area contributed by atoms with Crippen LogP contribution in [0.3, 0.4) is 0 Å². The third kappa shape index (κ3) is 4.38. The normalized spacial score (nSPS) is 11.1. The van der Waals surface area contributed by atoms with E-state index in [1.807, 2.05) is 48.7 Å². The van der Waals surface area contributed by atoms with Crippen molar-refractivity contribution in [1.29, 1.82) is 0 Å². The number of rotatable bonds is 4. The summed E-state index contributed by atoms with van der Waals surface area (Å²) in [7, 11) is -3.34. The number of hydrogen-bond acceptors (Lipinski definition) is 4. The van der Waals surface area contributed by atoms with Gasteiger partial charge in [-0.05, 0) is 56.3 Å². The van der Waals surface area contributed by atoms with E-state index >= 15 is 0 Å². The number of carbonyl (C=O) groups is 2. The molecule has 0 saturated heterocycles. The monoisotopic (exact) mass is 411 g/mol. The molecule has 0 saturated carbocycles. The Kier molecular flexibility index (Phi) is 5.56. The molecule has 0 aliphatic carbocycles. The van der Waals surface area contributed by atoms with Gasteiger partial charge >= 0.3 is 0 Å². The molecule has 0 atom stereocenters. The van der Waals surface area contributed by atoms with Gasteiger partial charge in [-0.15, -0.1) is 0 Å². The first-order valence-electron chi connectivity index (χ1n) is 8.83. The van der Waals surface area contributed by atoms with Gasteiger partial charge in [-0.25, -0.2) is 8.42 Å². The van der Waals surface area contributed by atoms with E-state index in [2.05, 4.69) is 10.9 Å². The average Bonchev–Trinajstić information content (AvgIpc) is 3.00. The predicted octanol–water partition coefficient (Wildman–Crippen LogP) is 2.57. The van der Waals surface area contributed by atoms with Crippen LogP contribution in [0.5, 0.6) is 0 Å². The second kappa shape index (κ2) is 7.92. The first-order valence-corrected chi connectivity index (χ1v) is 10.7. The van der Waals surface area contributed by atoms with E-state index < -0.39 is 21.7 Å². The number of aromatic nitrogens is 1. The van der Waals surface area contributed by atoms with Gasteiger partial charge in [-0.1, -0.05) is 18.2 Å². The summed E-state index contributed by atoms with van der Waals surface area (Å²) in [6.07, 6.45) is 1.09. The zero-order valence-electron chi connectivity index (χ0n) is 16.3. The molecule has 2 N–H and O–H groups in total. The number of carbonyl (C=O) groups excluding carboxylic acids is 2. The van der Waals surface area contributed by atoms with Crippen molar-refractivity contribution in [2.45, 2.75) is 18.7 Å². The molecule has 0 bridgehead atoms. The lowest BCUT2D eigenvalue weighted by Gasteiger charge is -2.10. The van der Waals surface area contributed by atoms with Crippen molar-refractivity contribution in [3.05, 3.63) is 83.2 Å². The Morgan fingerprint density at radius 1 is 0.862 bits per heavy atom. The fraction of sp³-hybridized carbons (Fsp3) is 0.143. The molecule has 1 heterocycles. The number of sulfone groups is 1. The summed E-state index contributed by atoms with van der Waals surface area (Å²) in [5.41, 5.74) is 8.01. The fourth-order valence-electron chi connectivity index (χ4n) is 3.07.